The molecule has 3 aromatic rings. The fourth-order valence-corrected chi connectivity index (χ4v) is 7.12. The topological polar surface area (TPSA) is 61.8 Å². The molecule has 3 aromatic carbocycles. The number of methoxy groups -OCH3 is 1. The maximum atomic E-state index is 12.3. The minimum Gasteiger partial charge on any atom is -0.423 e. The molecule has 0 heterocycles. The van der Waals surface area contributed by atoms with Crippen molar-refractivity contribution >= 4 is 11.9 Å². The summed E-state index contributed by atoms with van der Waals surface area (Å²) in [5.74, 6) is 2.87. The van der Waals surface area contributed by atoms with Crippen LogP contribution in [0.1, 0.15) is 69.8 Å². The van der Waals surface area contributed by atoms with Crippen LogP contribution in [-0.2, 0) is 14.3 Å². The summed E-state index contributed by atoms with van der Waals surface area (Å²) < 4.78 is 15.9. The van der Waals surface area contributed by atoms with E-state index in [1.807, 2.05) is 48.5 Å². The van der Waals surface area contributed by atoms with Crippen LogP contribution in [0.15, 0.2) is 104 Å². The van der Waals surface area contributed by atoms with E-state index in [4.69, 9.17) is 14.2 Å². The smallest absolute Gasteiger partial charge is 0.341 e. The Morgan fingerprint density at radius 2 is 1.24 bits per heavy atom. The maximum absolute atomic E-state index is 12.3. The second-order valence-corrected chi connectivity index (χ2v) is 13.0. The molecule has 0 unspecified atom stereocenters. The first-order valence-corrected chi connectivity index (χ1v) is 16.5. The van der Waals surface area contributed by atoms with E-state index in [1.54, 1.807) is 6.92 Å². The molecule has 0 aromatic heterocycles. The Morgan fingerprint density at radius 1 is 0.717 bits per heavy atom. The normalized spacial score (nSPS) is 21.2. The van der Waals surface area contributed by atoms with Gasteiger partial charge in [0.2, 0.25) is 0 Å². The Kier molecular flexibility index (Phi) is 11.1. The van der Waals surface area contributed by atoms with Crippen molar-refractivity contribution in [2.45, 2.75) is 64.2 Å². The third-order valence-electron chi connectivity index (χ3n) is 9.81. The number of hydrogen-bond donors (Lipinski definition) is 0. The van der Waals surface area contributed by atoms with Crippen molar-refractivity contribution in [3.8, 4) is 33.8 Å². The fourth-order valence-electron chi connectivity index (χ4n) is 7.12. The van der Waals surface area contributed by atoms with Gasteiger partial charge in [-0.15, -0.1) is 6.58 Å². The molecule has 0 atom stereocenters. The first-order chi connectivity index (χ1) is 22.2. The molecule has 5 heteroatoms. The number of allylic oxidation sites excluding steroid dienone is 1. The standard InChI is InChI=1S/C41H46O5/c1-6-29-7-9-30(10-8-29)31-11-13-34(14-12-31)39-25-35(32-15-20-36(21-16-32)45-40(42)27(2)3)19-24-38(39)33-17-22-37(23-18-33)46-41(43)28(4)26-44-5/h6,15-25,29-31,34H,1-2,4,7-14,26H2,3,5H3. The van der Waals surface area contributed by atoms with Crippen molar-refractivity contribution in [1.82, 2.24) is 0 Å². The van der Waals surface area contributed by atoms with Crippen molar-refractivity contribution in [3.63, 3.8) is 0 Å². The predicted molar refractivity (Wildman–Crippen MR) is 185 cm³/mol. The minimum absolute atomic E-state index is 0.132. The van der Waals surface area contributed by atoms with Gasteiger partial charge in [0.05, 0.1) is 12.2 Å². The summed E-state index contributed by atoms with van der Waals surface area (Å²) in [6.45, 7) is 13.2. The molecule has 240 valence electrons. The summed E-state index contributed by atoms with van der Waals surface area (Å²) in [6.07, 6.45) is 12.3. The van der Waals surface area contributed by atoms with Gasteiger partial charge < -0.3 is 14.2 Å². The molecule has 0 radical (unpaired) electrons. The average molecular weight is 619 g/mol. The van der Waals surface area contributed by atoms with E-state index in [0.29, 0.717) is 28.9 Å². The Bertz CT molecular complexity index is 1550. The van der Waals surface area contributed by atoms with Crippen LogP contribution in [-0.4, -0.2) is 25.7 Å². The Labute approximate surface area is 274 Å². The van der Waals surface area contributed by atoms with Crippen LogP contribution in [0.2, 0.25) is 0 Å². The van der Waals surface area contributed by atoms with Crippen LogP contribution in [0.5, 0.6) is 11.5 Å². The summed E-state index contributed by atoms with van der Waals surface area (Å²) in [4.78, 5) is 24.3. The molecule has 0 amide bonds. The lowest BCUT2D eigenvalue weighted by Gasteiger charge is -2.38. The number of benzene rings is 3. The zero-order chi connectivity index (χ0) is 32.6. The van der Waals surface area contributed by atoms with Gasteiger partial charge in [-0.25, -0.2) is 9.59 Å². The van der Waals surface area contributed by atoms with Gasteiger partial charge in [-0.1, -0.05) is 61.7 Å². The Balaban J connectivity index is 1.38. The van der Waals surface area contributed by atoms with Gasteiger partial charge in [0.1, 0.15) is 11.5 Å². The van der Waals surface area contributed by atoms with Gasteiger partial charge in [-0.3, -0.25) is 0 Å². The molecule has 0 aliphatic heterocycles. The van der Waals surface area contributed by atoms with Gasteiger partial charge in [0.25, 0.3) is 0 Å². The van der Waals surface area contributed by atoms with E-state index in [-0.39, 0.29) is 12.2 Å². The second-order valence-electron chi connectivity index (χ2n) is 13.0. The van der Waals surface area contributed by atoms with Crippen molar-refractivity contribution in [1.29, 1.82) is 0 Å². The first kappa shape index (κ1) is 33.2. The number of hydrogen-bond acceptors (Lipinski definition) is 5. The molecule has 2 fully saturated rings. The van der Waals surface area contributed by atoms with Crippen LogP contribution >= 0.6 is 0 Å². The van der Waals surface area contributed by atoms with Crippen LogP contribution in [0.4, 0.5) is 0 Å². The highest BCUT2D eigenvalue weighted by atomic mass is 16.5. The number of rotatable bonds is 11. The van der Waals surface area contributed by atoms with Crippen molar-refractivity contribution in [3.05, 3.63) is 109 Å². The molecule has 5 nitrogen and oxygen atoms in total. The van der Waals surface area contributed by atoms with Crippen molar-refractivity contribution < 1.29 is 23.8 Å². The van der Waals surface area contributed by atoms with E-state index < -0.39 is 11.9 Å². The van der Waals surface area contributed by atoms with Crippen molar-refractivity contribution in [2.24, 2.45) is 17.8 Å². The molecule has 2 aliphatic carbocycles. The van der Waals surface area contributed by atoms with Gasteiger partial charge in [0, 0.05) is 12.7 Å². The summed E-state index contributed by atoms with van der Waals surface area (Å²) in [5.41, 5.74) is 6.47. The highest BCUT2D eigenvalue weighted by Gasteiger charge is 2.31. The lowest BCUT2D eigenvalue weighted by atomic mass is 9.68. The highest BCUT2D eigenvalue weighted by Crippen LogP contribution is 2.46. The van der Waals surface area contributed by atoms with E-state index in [9.17, 15) is 9.59 Å². The molecule has 2 aliphatic rings. The maximum Gasteiger partial charge on any atom is 0.341 e. The molecule has 0 saturated heterocycles. The Morgan fingerprint density at radius 3 is 1.78 bits per heavy atom. The molecular formula is C41H46O5. The van der Waals surface area contributed by atoms with Crippen LogP contribution in [0, 0.1) is 17.8 Å². The Hall–Kier alpha value is -4.22. The summed E-state index contributed by atoms with van der Waals surface area (Å²) in [5, 5.41) is 0. The van der Waals surface area contributed by atoms with Gasteiger partial charge in [-0.05, 0) is 134 Å². The zero-order valence-corrected chi connectivity index (χ0v) is 27.3. The van der Waals surface area contributed by atoms with E-state index in [1.165, 1.54) is 69.6 Å². The van der Waals surface area contributed by atoms with Crippen LogP contribution in [0.25, 0.3) is 22.3 Å². The molecule has 0 N–H and O–H groups in total. The lowest BCUT2D eigenvalue weighted by molar-refractivity contribution is -0.131. The monoisotopic (exact) mass is 618 g/mol. The molecule has 2 saturated carbocycles. The van der Waals surface area contributed by atoms with Crippen molar-refractivity contribution in [2.75, 3.05) is 13.7 Å². The van der Waals surface area contributed by atoms with Gasteiger partial charge >= 0.3 is 11.9 Å². The highest BCUT2D eigenvalue weighted by molar-refractivity contribution is 5.90. The van der Waals surface area contributed by atoms with E-state index >= 15 is 0 Å². The number of carbonyl (C=O) groups excluding carboxylic acids is 2. The summed E-state index contributed by atoms with van der Waals surface area (Å²) in [7, 11) is 1.52. The molecule has 0 spiro atoms. The summed E-state index contributed by atoms with van der Waals surface area (Å²) in [6, 6.07) is 22.1. The fraction of sp³-hybridized carbons (Fsp3) is 0.366. The third kappa shape index (κ3) is 8.13. The number of esters is 2. The van der Waals surface area contributed by atoms with Crippen LogP contribution in [0.3, 0.4) is 0 Å². The number of ether oxygens (including phenoxy) is 3. The van der Waals surface area contributed by atoms with Crippen LogP contribution < -0.4 is 9.47 Å². The summed E-state index contributed by atoms with van der Waals surface area (Å²) >= 11 is 0. The predicted octanol–water partition coefficient (Wildman–Crippen LogP) is 9.88. The number of carbonyl (C=O) groups is 2. The zero-order valence-electron chi connectivity index (χ0n) is 27.3. The van der Waals surface area contributed by atoms with E-state index in [0.717, 1.165) is 28.5 Å². The van der Waals surface area contributed by atoms with Gasteiger partial charge in [-0.2, -0.15) is 0 Å². The quantitative estimate of drug-likeness (QED) is 0.0926. The minimum atomic E-state index is -0.491. The molecule has 46 heavy (non-hydrogen) atoms. The lowest BCUT2D eigenvalue weighted by Crippen LogP contribution is -2.25. The first-order valence-electron chi connectivity index (χ1n) is 16.5. The second kappa shape index (κ2) is 15.4. The SMILES string of the molecule is C=CC1CCC(C2CCC(c3cc(-c4ccc(OC(=O)C(=C)C)cc4)ccc3-c3ccc(OC(=O)C(=C)COC)cc3)CC2)CC1. The molecule has 0 bridgehead atoms. The largest absolute Gasteiger partial charge is 0.423 e. The average Bonchev–Trinajstić information content (AvgIpc) is 3.09. The third-order valence-corrected chi connectivity index (χ3v) is 9.81. The van der Waals surface area contributed by atoms with Gasteiger partial charge in [0.15, 0.2) is 0 Å². The molecular weight excluding hydrogens is 572 g/mol. The molecule has 5 rings (SSSR count). The van der Waals surface area contributed by atoms with E-state index in [2.05, 4.69) is 44.0 Å².